The van der Waals surface area contributed by atoms with E-state index in [2.05, 4.69) is 25.1 Å². The van der Waals surface area contributed by atoms with Gasteiger partial charge in [-0.1, -0.05) is 6.92 Å². The van der Waals surface area contributed by atoms with Gasteiger partial charge < -0.3 is 4.90 Å². The van der Waals surface area contributed by atoms with Crippen LogP contribution in [-0.4, -0.2) is 35.8 Å². The molecule has 0 saturated carbocycles. The van der Waals surface area contributed by atoms with E-state index in [1.54, 1.807) is 0 Å². The van der Waals surface area contributed by atoms with Crippen LogP contribution >= 0.6 is 11.8 Å². The van der Waals surface area contributed by atoms with E-state index in [1.807, 2.05) is 17.8 Å². The monoisotopic (exact) mass is 213 g/mol. The molecular weight excluding hydrogens is 194 g/mol. The van der Waals surface area contributed by atoms with E-state index in [0.29, 0.717) is 12.5 Å². The van der Waals surface area contributed by atoms with E-state index in [0.717, 1.165) is 18.6 Å². The summed E-state index contributed by atoms with van der Waals surface area (Å²) in [5, 5.41) is 0. The first-order chi connectivity index (χ1) is 6.69. The summed E-state index contributed by atoms with van der Waals surface area (Å²) in [4.78, 5) is 13.4. The average Bonchev–Trinajstić information content (AvgIpc) is 2.60. The molecule has 0 aliphatic heterocycles. The van der Waals surface area contributed by atoms with Gasteiger partial charge in [0, 0.05) is 37.0 Å². The van der Waals surface area contributed by atoms with Gasteiger partial charge in [-0.2, -0.15) is 11.8 Å². The lowest BCUT2D eigenvalue weighted by Crippen LogP contribution is -2.32. The van der Waals surface area contributed by atoms with Crippen molar-refractivity contribution in [2.45, 2.75) is 32.2 Å². The third-order valence-corrected chi connectivity index (χ3v) is 3.50. The van der Waals surface area contributed by atoms with Crippen molar-refractivity contribution in [2.24, 2.45) is 0 Å². The normalized spacial score (nSPS) is 18.2. The van der Waals surface area contributed by atoms with Crippen molar-refractivity contribution in [1.29, 1.82) is 0 Å². The Bertz CT molecular complexity index is 237. The van der Waals surface area contributed by atoms with Crippen molar-refractivity contribution in [3.05, 3.63) is 11.8 Å². The number of rotatable bonds is 5. The summed E-state index contributed by atoms with van der Waals surface area (Å²) in [5.74, 6) is 1.42. The molecule has 0 saturated heterocycles. The number of nitrogens with zero attached hydrogens (tertiary/aromatic N) is 1. The summed E-state index contributed by atoms with van der Waals surface area (Å²) >= 11 is 1.87. The molecule has 0 fully saturated rings. The maximum atomic E-state index is 11.1. The summed E-state index contributed by atoms with van der Waals surface area (Å²) < 4.78 is 0. The van der Waals surface area contributed by atoms with Gasteiger partial charge in [-0.15, -0.1) is 0 Å². The molecule has 0 amide bonds. The topological polar surface area (TPSA) is 20.3 Å². The van der Waals surface area contributed by atoms with Crippen LogP contribution in [0.2, 0.25) is 0 Å². The Balaban J connectivity index is 2.58. The second-order valence-corrected chi connectivity index (χ2v) is 4.64. The van der Waals surface area contributed by atoms with Gasteiger partial charge in [0.2, 0.25) is 0 Å². The lowest BCUT2D eigenvalue weighted by Gasteiger charge is -2.29. The highest BCUT2D eigenvalue weighted by Gasteiger charge is 2.20. The van der Waals surface area contributed by atoms with E-state index in [9.17, 15) is 4.79 Å². The van der Waals surface area contributed by atoms with E-state index >= 15 is 0 Å². The van der Waals surface area contributed by atoms with Crippen molar-refractivity contribution >= 4 is 17.5 Å². The van der Waals surface area contributed by atoms with Gasteiger partial charge in [0.1, 0.15) is 0 Å². The molecule has 1 atom stereocenters. The summed E-state index contributed by atoms with van der Waals surface area (Å²) in [6.07, 6.45) is 6.71. The van der Waals surface area contributed by atoms with Crippen LogP contribution in [0.1, 0.15) is 26.2 Å². The van der Waals surface area contributed by atoms with Crippen LogP contribution in [0.3, 0.4) is 0 Å². The SMILES string of the molecule is CCC(CSC)N(C)C1=CC(=O)CC1. The minimum absolute atomic E-state index is 0.283. The number of ketones is 1. The number of thioether (sulfide) groups is 1. The molecule has 80 valence electrons. The van der Waals surface area contributed by atoms with Gasteiger partial charge in [0.05, 0.1) is 0 Å². The Morgan fingerprint density at radius 2 is 2.29 bits per heavy atom. The van der Waals surface area contributed by atoms with Crippen LogP contribution in [-0.2, 0) is 4.79 Å². The molecule has 1 aliphatic rings. The smallest absolute Gasteiger partial charge is 0.157 e. The summed E-state index contributed by atoms with van der Waals surface area (Å²) in [7, 11) is 2.11. The maximum absolute atomic E-state index is 11.1. The van der Waals surface area contributed by atoms with Crippen LogP contribution in [0, 0.1) is 0 Å². The fourth-order valence-corrected chi connectivity index (χ4v) is 2.63. The largest absolute Gasteiger partial charge is 0.374 e. The van der Waals surface area contributed by atoms with Crippen LogP contribution in [0.4, 0.5) is 0 Å². The van der Waals surface area contributed by atoms with Gasteiger partial charge in [0.25, 0.3) is 0 Å². The van der Waals surface area contributed by atoms with E-state index < -0.39 is 0 Å². The lowest BCUT2D eigenvalue weighted by atomic mass is 10.2. The Morgan fingerprint density at radius 1 is 1.57 bits per heavy atom. The molecule has 0 N–H and O–H groups in total. The summed E-state index contributed by atoms with van der Waals surface area (Å²) in [6.45, 7) is 2.20. The van der Waals surface area contributed by atoms with Gasteiger partial charge in [0.15, 0.2) is 5.78 Å². The van der Waals surface area contributed by atoms with Crippen LogP contribution in [0.15, 0.2) is 11.8 Å². The van der Waals surface area contributed by atoms with Crippen LogP contribution < -0.4 is 0 Å². The van der Waals surface area contributed by atoms with Gasteiger partial charge in [-0.3, -0.25) is 4.79 Å². The zero-order valence-electron chi connectivity index (χ0n) is 9.25. The average molecular weight is 213 g/mol. The van der Waals surface area contributed by atoms with Crippen molar-refractivity contribution in [1.82, 2.24) is 4.90 Å². The molecule has 0 aromatic rings. The molecule has 0 radical (unpaired) electrons. The van der Waals surface area contributed by atoms with Gasteiger partial charge in [-0.05, 0) is 19.1 Å². The number of carbonyl (C=O) groups excluding carboxylic acids is 1. The van der Waals surface area contributed by atoms with Crippen LogP contribution in [0.5, 0.6) is 0 Å². The quantitative estimate of drug-likeness (QED) is 0.699. The molecular formula is C11H19NOS. The minimum atomic E-state index is 0.283. The fourth-order valence-electron chi connectivity index (χ4n) is 1.79. The third kappa shape index (κ3) is 2.77. The van der Waals surface area contributed by atoms with Gasteiger partial charge >= 0.3 is 0 Å². The van der Waals surface area contributed by atoms with Crippen molar-refractivity contribution in [3.63, 3.8) is 0 Å². The second kappa shape index (κ2) is 5.44. The molecule has 14 heavy (non-hydrogen) atoms. The Kier molecular flexibility index (Phi) is 4.52. The zero-order valence-corrected chi connectivity index (χ0v) is 10.1. The summed E-state index contributed by atoms with van der Waals surface area (Å²) in [5.41, 5.74) is 1.22. The highest BCUT2D eigenvalue weighted by molar-refractivity contribution is 7.98. The molecule has 0 aromatic heterocycles. The molecule has 0 heterocycles. The van der Waals surface area contributed by atoms with Gasteiger partial charge in [-0.25, -0.2) is 0 Å². The Morgan fingerprint density at radius 3 is 2.71 bits per heavy atom. The van der Waals surface area contributed by atoms with Crippen molar-refractivity contribution in [3.8, 4) is 0 Å². The molecule has 0 bridgehead atoms. The van der Waals surface area contributed by atoms with Crippen molar-refractivity contribution in [2.75, 3.05) is 19.1 Å². The number of carbonyl (C=O) groups is 1. The number of hydrogen-bond acceptors (Lipinski definition) is 3. The molecule has 0 aromatic carbocycles. The lowest BCUT2D eigenvalue weighted by molar-refractivity contribution is -0.114. The molecule has 1 aliphatic carbocycles. The highest BCUT2D eigenvalue weighted by atomic mass is 32.2. The van der Waals surface area contributed by atoms with E-state index in [-0.39, 0.29) is 5.78 Å². The highest BCUT2D eigenvalue weighted by Crippen LogP contribution is 2.22. The number of allylic oxidation sites excluding steroid dienone is 2. The Labute approximate surface area is 90.7 Å². The predicted octanol–water partition coefficient (Wildman–Crippen LogP) is 2.31. The number of hydrogen-bond donors (Lipinski definition) is 0. The fraction of sp³-hybridized carbons (Fsp3) is 0.727. The Hall–Kier alpha value is -0.440. The maximum Gasteiger partial charge on any atom is 0.157 e. The molecule has 1 rings (SSSR count). The zero-order chi connectivity index (χ0) is 10.6. The van der Waals surface area contributed by atoms with Crippen molar-refractivity contribution < 1.29 is 4.79 Å². The molecule has 1 unspecified atom stereocenters. The minimum Gasteiger partial charge on any atom is -0.374 e. The first kappa shape index (κ1) is 11.6. The third-order valence-electron chi connectivity index (χ3n) is 2.79. The van der Waals surface area contributed by atoms with E-state index in [1.165, 1.54) is 5.70 Å². The first-order valence-corrected chi connectivity index (χ1v) is 6.53. The van der Waals surface area contributed by atoms with E-state index in [4.69, 9.17) is 0 Å². The predicted molar refractivity (Wildman–Crippen MR) is 62.5 cm³/mol. The summed E-state index contributed by atoms with van der Waals surface area (Å²) in [6, 6.07) is 0.571. The molecule has 2 nitrogen and oxygen atoms in total. The first-order valence-electron chi connectivity index (χ1n) is 5.14. The molecule has 3 heteroatoms. The second-order valence-electron chi connectivity index (χ2n) is 3.73. The standard InChI is InChI=1S/C11H19NOS/c1-4-9(8-14-3)12(2)10-5-6-11(13)7-10/h7,9H,4-6,8H2,1-3H3. The molecule has 0 spiro atoms. The van der Waals surface area contributed by atoms with Crippen LogP contribution in [0.25, 0.3) is 0 Å².